The van der Waals surface area contributed by atoms with Gasteiger partial charge in [0, 0.05) is 21.5 Å². The topological polar surface area (TPSA) is 18.5 Å². The van der Waals surface area contributed by atoms with E-state index in [0.29, 0.717) is 25.0 Å². The van der Waals surface area contributed by atoms with Crippen molar-refractivity contribution in [3.05, 3.63) is 71.8 Å². The number of benzene rings is 2. The molecular formula is C20H22Br2O2. The van der Waals surface area contributed by atoms with Gasteiger partial charge in [0.05, 0.1) is 26.4 Å². The second-order valence-electron chi connectivity index (χ2n) is 6.27. The first-order valence-electron chi connectivity index (χ1n) is 8.22. The largest absolute Gasteiger partial charge is 0.376 e. The highest BCUT2D eigenvalue weighted by molar-refractivity contribution is 9.12. The predicted octanol–water partition coefficient (Wildman–Crippen LogP) is 5.19. The van der Waals surface area contributed by atoms with Crippen molar-refractivity contribution in [1.82, 2.24) is 0 Å². The monoisotopic (exact) mass is 452 g/mol. The van der Waals surface area contributed by atoms with Crippen molar-refractivity contribution in [2.45, 2.75) is 17.5 Å². The minimum Gasteiger partial charge on any atom is -0.376 e. The molecule has 0 unspecified atom stereocenters. The normalized spacial score (nSPS) is 25.6. The van der Waals surface area contributed by atoms with Crippen molar-refractivity contribution in [2.75, 3.05) is 18.5 Å². The van der Waals surface area contributed by atoms with Gasteiger partial charge in [0.1, 0.15) is 0 Å². The fourth-order valence-corrected chi connectivity index (χ4v) is 4.63. The summed E-state index contributed by atoms with van der Waals surface area (Å²) in [6.45, 7) is 2.84. The van der Waals surface area contributed by atoms with Gasteiger partial charge in [0.15, 0.2) is 0 Å². The predicted molar refractivity (Wildman–Crippen MR) is 105 cm³/mol. The Hall–Kier alpha value is -0.680. The zero-order chi connectivity index (χ0) is 16.8. The molecule has 0 aliphatic heterocycles. The summed E-state index contributed by atoms with van der Waals surface area (Å²) in [6, 6.07) is 20.6. The Labute approximate surface area is 160 Å². The third kappa shape index (κ3) is 4.48. The Morgan fingerprint density at radius 1 is 0.750 bits per heavy atom. The summed E-state index contributed by atoms with van der Waals surface area (Å²) in [6.07, 6.45) is 0. The van der Waals surface area contributed by atoms with Gasteiger partial charge >= 0.3 is 0 Å². The molecule has 1 aliphatic rings. The van der Waals surface area contributed by atoms with Gasteiger partial charge in [-0.3, -0.25) is 0 Å². The van der Waals surface area contributed by atoms with E-state index in [4.69, 9.17) is 9.47 Å². The molecule has 2 nitrogen and oxygen atoms in total. The number of ether oxygens (including phenoxy) is 2. The highest BCUT2D eigenvalue weighted by Gasteiger charge is 2.62. The Kier molecular flexibility index (Phi) is 6.50. The van der Waals surface area contributed by atoms with Gasteiger partial charge in [0.25, 0.3) is 0 Å². The van der Waals surface area contributed by atoms with E-state index in [9.17, 15) is 0 Å². The van der Waals surface area contributed by atoms with Gasteiger partial charge < -0.3 is 9.47 Å². The minimum atomic E-state index is 0.0976. The van der Waals surface area contributed by atoms with E-state index in [0.717, 1.165) is 18.5 Å². The second kappa shape index (κ2) is 8.61. The Balaban J connectivity index is 1.43. The van der Waals surface area contributed by atoms with E-state index < -0.39 is 0 Å². The summed E-state index contributed by atoms with van der Waals surface area (Å²) in [5.74, 6) is 0.965. The Bertz CT molecular complexity index is 567. The molecule has 0 saturated heterocycles. The maximum absolute atomic E-state index is 5.93. The van der Waals surface area contributed by atoms with Crippen molar-refractivity contribution in [3.8, 4) is 0 Å². The zero-order valence-electron chi connectivity index (χ0n) is 13.5. The van der Waals surface area contributed by atoms with Crippen molar-refractivity contribution in [1.29, 1.82) is 0 Å². The van der Waals surface area contributed by atoms with Gasteiger partial charge in [-0.25, -0.2) is 0 Å². The average molecular weight is 454 g/mol. The summed E-state index contributed by atoms with van der Waals surface area (Å²) < 4.78 is 12.0. The Morgan fingerprint density at radius 3 is 1.54 bits per heavy atom. The minimum absolute atomic E-state index is 0.0976. The summed E-state index contributed by atoms with van der Waals surface area (Å²) >= 11 is 7.52. The number of hydrogen-bond acceptors (Lipinski definition) is 2. The first-order chi connectivity index (χ1) is 11.7. The number of rotatable bonds is 9. The smallest absolute Gasteiger partial charge is 0.0717 e. The van der Waals surface area contributed by atoms with E-state index in [1.165, 1.54) is 11.1 Å². The molecule has 1 aliphatic carbocycles. The molecule has 0 aromatic heterocycles. The lowest BCUT2D eigenvalue weighted by molar-refractivity contribution is 0.0840. The quantitative estimate of drug-likeness (QED) is 0.486. The summed E-state index contributed by atoms with van der Waals surface area (Å²) in [7, 11) is 0. The van der Waals surface area contributed by atoms with Crippen LogP contribution < -0.4 is 0 Å². The van der Waals surface area contributed by atoms with E-state index in [-0.39, 0.29) is 4.32 Å². The van der Waals surface area contributed by atoms with Crippen LogP contribution in [0.15, 0.2) is 60.7 Å². The summed E-state index contributed by atoms with van der Waals surface area (Å²) in [5, 5.41) is 0.915. The van der Waals surface area contributed by atoms with Crippen LogP contribution in [-0.4, -0.2) is 22.9 Å². The maximum Gasteiger partial charge on any atom is 0.0717 e. The van der Waals surface area contributed by atoms with Crippen LogP contribution in [0.5, 0.6) is 0 Å². The lowest BCUT2D eigenvalue weighted by Gasteiger charge is -2.06. The molecule has 0 spiro atoms. The van der Waals surface area contributed by atoms with Gasteiger partial charge in [0.2, 0.25) is 0 Å². The van der Waals surface area contributed by atoms with Gasteiger partial charge in [-0.2, -0.15) is 0 Å². The van der Waals surface area contributed by atoms with Crippen molar-refractivity contribution >= 4 is 31.9 Å². The van der Waals surface area contributed by atoms with Gasteiger partial charge in [-0.1, -0.05) is 92.5 Å². The number of hydrogen-bond donors (Lipinski definition) is 0. The first-order valence-corrected chi connectivity index (χ1v) is 10.1. The molecule has 2 aromatic carbocycles. The Morgan fingerprint density at radius 2 is 1.17 bits per heavy atom. The van der Waals surface area contributed by atoms with Crippen LogP contribution in [0.25, 0.3) is 0 Å². The SMILES string of the molecule is BrCC1(Br)[C@@H](COCc2ccccc2)[C@@H]1COCc1ccccc1. The fourth-order valence-electron chi connectivity index (χ4n) is 3.03. The molecule has 0 heterocycles. The van der Waals surface area contributed by atoms with Crippen LogP contribution in [0.1, 0.15) is 11.1 Å². The average Bonchev–Trinajstić information content (AvgIpc) is 3.20. The highest BCUT2D eigenvalue weighted by atomic mass is 79.9. The molecule has 2 atom stereocenters. The third-order valence-electron chi connectivity index (χ3n) is 4.63. The molecular weight excluding hydrogens is 432 g/mol. The van der Waals surface area contributed by atoms with E-state index in [1.54, 1.807) is 0 Å². The molecule has 0 radical (unpaired) electrons. The lowest BCUT2D eigenvalue weighted by Crippen LogP contribution is -2.09. The molecule has 1 fully saturated rings. The van der Waals surface area contributed by atoms with Crippen molar-refractivity contribution in [3.63, 3.8) is 0 Å². The van der Waals surface area contributed by atoms with Crippen LogP contribution in [0, 0.1) is 11.8 Å². The zero-order valence-corrected chi connectivity index (χ0v) is 16.7. The number of halogens is 2. The second-order valence-corrected chi connectivity index (χ2v) is 8.31. The molecule has 24 heavy (non-hydrogen) atoms. The van der Waals surface area contributed by atoms with Crippen LogP contribution >= 0.6 is 31.9 Å². The molecule has 1 saturated carbocycles. The van der Waals surface area contributed by atoms with Gasteiger partial charge in [-0.15, -0.1) is 0 Å². The van der Waals surface area contributed by atoms with Crippen LogP contribution in [0.3, 0.4) is 0 Å². The molecule has 0 bridgehead atoms. The first kappa shape index (κ1) is 18.1. The van der Waals surface area contributed by atoms with E-state index >= 15 is 0 Å². The standard InChI is InChI=1S/C20H22Br2O2/c21-15-20(22)18(13-23-11-16-7-3-1-4-8-16)19(20)14-24-12-17-9-5-2-6-10-17/h1-10,18-19H,11-15H2/t18-,19-/m0/s1. The van der Waals surface area contributed by atoms with Crippen molar-refractivity contribution < 1.29 is 9.47 Å². The molecule has 0 N–H and O–H groups in total. The van der Waals surface area contributed by atoms with Gasteiger partial charge in [-0.05, 0) is 11.1 Å². The molecule has 2 aromatic rings. The number of alkyl halides is 2. The molecule has 128 valence electrons. The third-order valence-corrected chi connectivity index (χ3v) is 7.77. The fraction of sp³-hybridized carbons (Fsp3) is 0.400. The molecule has 3 rings (SSSR count). The maximum atomic E-state index is 5.93. The lowest BCUT2D eigenvalue weighted by atomic mass is 10.2. The summed E-state index contributed by atoms with van der Waals surface area (Å²) in [5.41, 5.74) is 2.43. The van der Waals surface area contributed by atoms with E-state index in [1.807, 2.05) is 36.4 Å². The van der Waals surface area contributed by atoms with Crippen molar-refractivity contribution in [2.24, 2.45) is 11.8 Å². The van der Waals surface area contributed by atoms with Crippen LogP contribution in [0.2, 0.25) is 0 Å². The van der Waals surface area contributed by atoms with Crippen LogP contribution in [-0.2, 0) is 22.7 Å². The van der Waals surface area contributed by atoms with E-state index in [2.05, 4.69) is 56.1 Å². The van der Waals surface area contributed by atoms with Crippen LogP contribution in [0.4, 0.5) is 0 Å². The molecule has 0 amide bonds. The highest BCUT2D eigenvalue weighted by Crippen LogP contribution is 2.58. The summed E-state index contributed by atoms with van der Waals surface area (Å²) in [4.78, 5) is 0. The molecule has 4 heteroatoms.